The molecule has 0 radical (unpaired) electrons. The fourth-order valence-corrected chi connectivity index (χ4v) is 5.94. The van der Waals surface area contributed by atoms with Gasteiger partial charge in [0.2, 0.25) is 5.91 Å². The Hall–Kier alpha value is -3.35. The molecule has 0 aliphatic heterocycles. The van der Waals surface area contributed by atoms with Gasteiger partial charge in [0.05, 0.1) is 5.92 Å². The summed E-state index contributed by atoms with van der Waals surface area (Å²) in [7, 11) is 0. The first-order chi connectivity index (χ1) is 17.0. The molecule has 184 valence electrons. The number of amides is 2. The molecule has 2 unspecified atom stereocenters. The van der Waals surface area contributed by atoms with Gasteiger partial charge in [-0.2, -0.15) is 0 Å². The molecule has 0 heterocycles. The summed E-state index contributed by atoms with van der Waals surface area (Å²) in [5, 5.41) is 15.3. The second-order valence-corrected chi connectivity index (χ2v) is 10.1. The Balaban J connectivity index is 1.19. The molecule has 2 aromatic carbocycles. The number of carbonyl (C=O) groups excluding carboxylic acids is 2. The zero-order chi connectivity index (χ0) is 24.4. The summed E-state index contributed by atoms with van der Waals surface area (Å²) >= 11 is 0. The molecule has 2 amide bonds. The second-order valence-electron chi connectivity index (χ2n) is 10.1. The number of benzene rings is 2. The van der Waals surface area contributed by atoms with Crippen molar-refractivity contribution in [1.82, 2.24) is 10.6 Å². The summed E-state index contributed by atoms with van der Waals surface area (Å²) in [5.74, 6) is -1.57. The zero-order valence-electron chi connectivity index (χ0n) is 19.8. The summed E-state index contributed by atoms with van der Waals surface area (Å²) < 4.78 is 5.66. The van der Waals surface area contributed by atoms with Crippen molar-refractivity contribution in [2.45, 2.75) is 56.4 Å². The van der Waals surface area contributed by atoms with E-state index in [2.05, 4.69) is 34.9 Å². The van der Waals surface area contributed by atoms with E-state index in [1.807, 2.05) is 24.3 Å². The molecule has 35 heavy (non-hydrogen) atoms. The number of fused-ring (bicyclic) bond motifs is 3. The Morgan fingerprint density at radius 3 is 2.14 bits per heavy atom. The molecule has 7 nitrogen and oxygen atoms in total. The lowest BCUT2D eigenvalue weighted by molar-refractivity contribution is -0.145. The zero-order valence-corrected chi connectivity index (χ0v) is 19.8. The Kier molecular flexibility index (Phi) is 6.50. The molecule has 0 saturated heterocycles. The van der Waals surface area contributed by atoms with Gasteiger partial charge in [-0.3, -0.25) is 9.59 Å². The van der Waals surface area contributed by atoms with Crippen LogP contribution in [0.3, 0.4) is 0 Å². The molecule has 0 spiro atoms. The van der Waals surface area contributed by atoms with Gasteiger partial charge >= 0.3 is 12.1 Å². The molecule has 3 aliphatic rings. The van der Waals surface area contributed by atoms with Crippen LogP contribution in [0.25, 0.3) is 11.1 Å². The maximum Gasteiger partial charge on any atom is 0.408 e. The number of carboxylic acid groups (broad SMARTS) is 1. The van der Waals surface area contributed by atoms with Crippen LogP contribution in [0.4, 0.5) is 4.79 Å². The van der Waals surface area contributed by atoms with Crippen LogP contribution < -0.4 is 10.6 Å². The van der Waals surface area contributed by atoms with Gasteiger partial charge < -0.3 is 20.5 Å². The predicted octanol–water partition coefficient (Wildman–Crippen LogP) is 4.46. The van der Waals surface area contributed by atoms with Crippen molar-refractivity contribution in [3.8, 4) is 11.1 Å². The molecule has 2 atom stereocenters. The number of hydrogen-bond acceptors (Lipinski definition) is 4. The van der Waals surface area contributed by atoms with Crippen molar-refractivity contribution in [1.29, 1.82) is 0 Å². The van der Waals surface area contributed by atoms with Gasteiger partial charge in [0.25, 0.3) is 0 Å². The molecule has 2 fully saturated rings. The highest BCUT2D eigenvalue weighted by molar-refractivity contribution is 5.91. The summed E-state index contributed by atoms with van der Waals surface area (Å²) in [6.07, 6.45) is 4.69. The molecular weight excluding hydrogens is 444 g/mol. The molecule has 3 N–H and O–H groups in total. The number of carboxylic acids is 1. The van der Waals surface area contributed by atoms with E-state index in [0.717, 1.165) is 47.9 Å². The van der Waals surface area contributed by atoms with Gasteiger partial charge in [0.1, 0.15) is 12.1 Å². The van der Waals surface area contributed by atoms with Gasteiger partial charge in [-0.05, 0) is 60.3 Å². The predicted molar refractivity (Wildman–Crippen MR) is 131 cm³/mol. The van der Waals surface area contributed by atoms with Crippen molar-refractivity contribution in [3.05, 3.63) is 59.7 Å². The van der Waals surface area contributed by atoms with E-state index in [1.165, 1.54) is 0 Å². The molecule has 2 aromatic rings. The van der Waals surface area contributed by atoms with E-state index in [9.17, 15) is 19.5 Å². The van der Waals surface area contributed by atoms with Gasteiger partial charge in [0, 0.05) is 12.5 Å². The van der Waals surface area contributed by atoms with Crippen molar-refractivity contribution in [3.63, 3.8) is 0 Å². The molecule has 2 saturated carbocycles. The van der Waals surface area contributed by atoms with E-state index in [-0.39, 0.29) is 24.3 Å². The van der Waals surface area contributed by atoms with Crippen LogP contribution in [0, 0.1) is 11.8 Å². The van der Waals surface area contributed by atoms with Crippen LogP contribution in [0.2, 0.25) is 0 Å². The maximum atomic E-state index is 13.1. The van der Waals surface area contributed by atoms with Crippen LogP contribution in [0.15, 0.2) is 48.5 Å². The lowest BCUT2D eigenvalue weighted by Gasteiger charge is -2.41. The topological polar surface area (TPSA) is 105 Å². The van der Waals surface area contributed by atoms with E-state index in [0.29, 0.717) is 25.8 Å². The quantitative estimate of drug-likeness (QED) is 0.547. The third kappa shape index (κ3) is 4.51. The van der Waals surface area contributed by atoms with Crippen LogP contribution in [-0.2, 0) is 14.3 Å². The van der Waals surface area contributed by atoms with Crippen LogP contribution >= 0.6 is 0 Å². The Morgan fingerprint density at radius 2 is 1.54 bits per heavy atom. The van der Waals surface area contributed by atoms with Crippen molar-refractivity contribution in [2.24, 2.45) is 11.8 Å². The molecular formula is C28H32N2O5. The van der Waals surface area contributed by atoms with E-state index in [4.69, 9.17) is 4.74 Å². The van der Waals surface area contributed by atoms with Gasteiger partial charge in [-0.15, -0.1) is 0 Å². The monoisotopic (exact) mass is 476 g/mol. The first-order valence-electron chi connectivity index (χ1n) is 12.6. The summed E-state index contributed by atoms with van der Waals surface area (Å²) in [4.78, 5) is 37.4. The SMILES string of the molecule is O=C(NC1(C(=O)NCC2CCCCC2C(=O)O)CCC1)OCC1c2ccccc2-c2ccccc21. The third-order valence-corrected chi connectivity index (χ3v) is 8.08. The van der Waals surface area contributed by atoms with Gasteiger partial charge in [-0.25, -0.2) is 4.79 Å². The van der Waals surface area contributed by atoms with E-state index < -0.39 is 23.5 Å². The minimum atomic E-state index is -0.976. The standard InChI is InChI=1S/C28H32N2O5/c31-25(32)19-9-2-1-8-18(19)16-29-26(33)28(14-7-15-28)30-27(34)35-17-24-22-12-5-3-10-20(22)21-11-4-6-13-23(21)24/h3-6,10-13,18-19,24H,1-2,7-9,14-17H2,(H,29,33)(H,30,34)(H,31,32). The average Bonchev–Trinajstić information content (AvgIpc) is 3.17. The number of rotatable bonds is 7. The molecule has 5 rings (SSSR count). The largest absolute Gasteiger partial charge is 0.481 e. The lowest BCUT2D eigenvalue weighted by Crippen LogP contribution is -2.63. The van der Waals surface area contributed by atoms with Gasteiger partial charge in [-0.1, -0.05) is 61.4 Å². The van der Waals surface area contributed by atoms with Crippen LogP contribution in [0.1, 0.15) is 62.0 Å². The molecule has 7 heteroatoms. The smallest absolute Gasteiger partial charge is 0.408 e. The van der Waals surface area contributed by atoms with Crippen molar-refractivity contribution >= 4 is 18.0 Å². The summed E-state index contributed by atoms with van der Waals surface area (Å²) in [5.41, 5.74) is 3.62. The minimum absolute atomic E-state index is 0.0430. The van der Waals surface area contributed by atoms with E-state index >= 15 is 0 Å². The lowest BCUT2D eigenvalue weighted by atomic mass is 9.75. The maximum absolute atomic E-state index is 13.1. The van der Waals surface area contributed by atoms with Crippen LogP contribution in [0.5, 0.6) is 0 Å². The third-order valence-electron chi connectivity index (χ3n) is 8.08. The number of aliphatic carboxylic acids is 1. The van der Waals surface area contributed by atoms with Crippen molar-refractivity contribution in [2.75, 3.05) is 13.2 Å². The normalized spacial score (nSPS) is 22.3. The summed E-state index contributed by atoms with van der Waals surface area (Å²) in [6, 6.07) is 16.3. The minimum Gasteiger partial charge on any atom is -0.481 e. The number of carbonyl (C=O) groups is 3. The Labute approximate surface area is 205 Å². The average molecular weight is 477 g/mol. The highest BCUT2D eigenvalue weighted by atomic mass is 16.5. The highest BCUT2D eigenvalue weighted by Crippen LogP contribution is 2.44. The summed E-state index contributed by atoms with van der Waals surface area (Å²) in [6.45, 7) is 0.518. The molecule has 0 bridgehead atoms. The molecule has 0 aromatic heterocycles. The van der Waals surface area contributed by atoms with Crippen molar-refractivity contribution < 1.29 is 24.2 Å². The number of nitrogens with one attached hydrogen (secondary N) is 2. The number of alkyl carbamates (subject to hydrolysis) is 1. The molecule has 3 aliphatic carbocycles. The number of ether oxygens (including phenoxy) is 1. The van der Waals surface area contributed by atoms with Crippen LogP contribution in [-0.4, -0.2) is 41.8 Å². The second kappa shape index (κ2) is 9.72. The fraction of sp³-hybridized carbons (Fsp3) is 0.464. The first kappa shape index (κ1) is 23.4. The number of hydrogen-bond donors (Lipinski definition) is 3. The highest BCUT2D eigenvalue weighted by Gasteiger charge is 2.46. The Bertz CT molecular complexity index is 1080. The fourth-order valence-electron chi connectivity index (χ4n) is 5.94. The van der Waals surface area contributed by atoms with Gasteiger partial charge in [0.15, 0.2) is 0 Å². The Morgan fingerprint density at radius 1 is 0.914 bits per heavy atom. The van der Waals surface area contributed by atoms with E-state index in [1.54, 1.807) is 0 Å². The first-order valence-corrected chi connectivity index (χ1v) is 12.6.